The molecular weight excluding hydrogens is 160 g/mol. The first-order chi connectivity index (χ1) is 5.33. The van der Waals surface area contributed by atoms with Crippen molar-refractivity contribution in [2.45, 2.75) is 13.3 Å². The number of aromatic nitrogens is 1. The van der Waals surface area contributed by atoms with Crippen LogP contribution in [0.1, 0.15) is 12.1 Å². The van der Waals surface area contributed by atoms with E-state index in [1.54, 1.807) is 0 Å². The summed E-state index contributed by atoms with van der Waals surface area (Å²) in [5, 5.41) is 2.72. The number of nitrogens with zero attached hydrogens (tertiary/aromatic N) is 1. The van der Waals surface area contributed by atoms with Gasteiger partial charge in [0, 0.05) is 5.38 Å². The summed E-state index contributed by atoms with van der Waals surface area (Å²) in [6, 6.07) is 0. The van der Waals surface area contributed by atoms with Crippen LogP contribution in [0, 0.1) is 6.92 Å². The van der Waals surface area contributed by atoms with Crippen LogP contribution >= 0.6 is 11.3 Å². The van der Waals surface area contributed by atoms with Crippen LogP contribution in [-0.2, 0) is 0 Å². The Morgan fingerprint density at radius 1 is 1.73 bits per heavy atom. The molecule has 4 heteroatoms. The average Bonchev–Trinajstić information content (AvgIpc) is 2.37. The van der Waals surface area contributed by atoms with Crippen molar-refractivity contribution < 1.29 is 4.74 Å². The van der Waals surface area contributed by atoms with Gasteiger partial charge in [-0.15, -0.1) is 0 Å². The number of thiazole rings is 1. The number of rotatable bonds is 4. The fourth-order valence-corrected chi connectivity index (χ4v) is 1.31. The Bertz CT molecular complexity index is 212. The number of hydrogen-bond acceptors (Lipinski definition) is 4. The third-order valence-corrected chi connectivity index (χ3v) is 2.04. The third-order valence-electron chi connectivity index (χ3n) is 1.17. The van der Waals surface area contributed by atoms with Crippen LogP contribution in [0.2, 0.25) is 0 Å². The number of ether oxygens (including phenoxy) is 1. The third kappa shape index (κ3) is 2.86. The SMILES string of the molecule is Cc1csc(OCCCN)n1. The smallest absolute Gasteiger partial charge is 0.273 e. The summed E-state index contributed by atoms with van der Waals surface area (Å²) in [5.74, 6) is 0. The van der Waals surface area contributed by atoms with Crippen molar-refractivity contribution >= 4 is 11.3 Å². The van der Waals surface area contributed by atoms with E-state index in [1.165, 1.54) is 11.3 Å². The van der Waals surface area contributed by atoms with Crippen LogP contribution in [0.4, 0.5) is 0 Å². The molecule has 3 nitrogen and oxygen atoms in total. The molecule has 1 rings (SSSR count). The van der Waals surface area contributed by atoms with Crippen LogP contribution in [0.25, 0.3) is 0 Å². The van der Waals surface area contributed by atoms with Crippen LogP contribution in [0.5, 0.6) is 5.19 Å². The Morgan fingerprint density at radius 3 is 3.09 bits per heavy atom. The fourth-order valence-electron chi connectivity index (χ4n) is 0.641. The molecule has 0 atom stereocenters. The Hall–Kier alpha value is -0.610. The minimum Gasteiger partial charge on any atom is -0.470 e. The van der Waals surface area contributed by atoms with E-state index in [0.29, 0.717) is 13.2 Å². The lowest BCUT2D eigenvalue weighted by molar-refractivity contribution is 0.311. The van der Waals surface area contributed by atoms with Gasteiger partial charge in [-0.2, -0.15) is 0 Å². The van der Waals surface area contributed by atoms with Gasteiger partial charge in [0.1, 0.15) is 0 Å². The summed E-state index contributed by atoms with van der Waals surface area (Å²) in [6.07, 6.45) is 0.888. The Labute approximate surface area is 70.2 Å². The topological polar surface area (TPSA) is 48.1 Å². The summed E-state index contributed by atoms with van der Waals surface area (Å²) >= 11 is 1.53. The molecule has 0 bridgehead atoms. The molecule has 0 saturated heterocycles. The van der Waals surface area contributed by atoms with Gasteiger partial charge in [-0.3, -0.25) is 0 Å². The first kappa shape index (κ1) is 8.49. The fraction of sp³-hybridized carbons (Fsp3) is 0.571. The predicted molar refractivity (Wildman–Crippen MR) is 46.0 cm³/mol. The monoisotopic (exact) mass is 172 g/mol. The average molecular weight is 172 g/mol. The van der Waals surface area contributed by atoms with Gasteiger partial charge in [0.2, 0.25) is 0 Å². The zero-order valence-corrected chi connectivity index (χ0v) is 7.36. The van der Waals surface area contributed by atoms with Gasteiger partial charge in [0.15, 0.2) is 0 Å². The van der Waals surface area contributed by atoms with E-state index in [1.807, 2.05) is 12.3 Å². The van der Waals surface area contributed by atoms with Crippen molar-refractivity contribution in [3.63, 3.8) is 0 Å². The van der Waals surface area contributed by atoms with E-state index in [2.05, 4.69) is 4.98 Å². The van der Waals surface area contributed by atoms with Gasteiger partial charge in [0.25, 0.3) is 5.19 Å². The highest BCUT2D eigenvalue weighted by Gasteiger charge is 1.96. The maximum absolute atomic E-state index is 5.30. The molecule has 0 unspecified atom stereocenters. The molecule has 0 aliphatic heterocycles. The maximum Gasteiger partial charge on any atom is 0.273 e. The van der Waals surface area contributed by atoms with E-state index < -0.39 is 0 Å². The molecular formula is C7H12N2OS. The van der Waals surface area contributed by atoms with Gasteiger partial charge in [0.05, 0.1) is 12.3 Å². The first-order valence-corrected chi connectivity index (χ1v) is 4.46. The van der Waals surface area contributed by atoms with E-state index in [0.717, 1.165) is 17.3 Å². The highest BCUT2D eigenvalue weighted by atomic mass is 32.1. The van der Waals surface area contributed by atoms with Crippen molar-refractivity contribution in [3.05, 3.63) is 11.1 Å². The van der Waals surface area contributed by atoms with E-state index in [4.69, 9.17) is 10.5 Å². The molecule has 11 heavy (non-hydrogen) atoms. The second-order valence-corrected chi connectivity index (χ2v) is 3.07. The molecule has 0 aliphatic rings. The van der Waals surface area contributed by atoms with Crippen LogP contribution in [0.3, 0.4) is 0 Å². The van der Waals surface area contributed by atoms with Crippen molar-refractivity contribution in [3.8, 4) is 5.19 Å². The second-order valence-electron chi connectivity index (χ2n) is 2.25. The molecule has 0 amide bonds. The molecule has 1 aromatic rings. The molecule has 0 aliphatic carbocycles. The summed E-state index contributed by atoms with van der Waals surface area (Å²) in [7, 11) is 0. The Kier molecular flexibility index (Phi) is 3.32. The molecule has 1 heterocycles. The largest absolute Gasteiger partial charge is 0.470 e. The number of aryl methyl sites for hydroxylation is 1. The summed E-state index contributed by atoms with van der Waals surface area (Å²) in [6.45, 7) is 3.29. The maximum atomic E-state index is 5.30. The van der Waals surface area contributed by atoms with Crippen molar-refractivity contribution in [2.24, 2.45) is 5.73 Å². The van der Waals surface area contributed by atoms with Gasteiger partial charge in [-0.1, -0.05) is 11.3 Å². The highest BCUT2D eigenvalue weighted by Crippen LogP contribution is 2.16. The van der Waals surface area contributed by atoms with Crippen molar-refractivity contribution in [1.82, 2.24) is 4.98 Å². The number of nitrogens with two attached hydrogens (primary N) is 1. The molecule has 62 valence electrons. The van der Waals surface area contributed by atoms with Crippen LogP contribution in [-0.4, -0.2) is 18.1 Å². The Morgan fingerprint density at radius 2 is 2.55 bits per heavy atom. The molecule has 2 N–H and O–H groups in total. The van der Waals surface area contributed by atoms with Gasteiger partial charge in [-0.25, -0.2) is 4.98 Å². The molecule has 1 aromatic heterocycles. The lowest BCUT2D eigenvalue weighted by Crippen LogP contribution is -2.05. The van der Waals surface area contributed by atoms with E-state index in [9.17, 15) is 0 Å². The Balaban J connectivity index is 2.27. The molecule has 0 saturated carbocycles. The standard InChI is InChI=1S/C7H12N2OS/c1-6-5-11-7(9-6)10-4-2-3-8/h5H,2-4,8H2,1H3. The summed E-state index contributed by atoms with van der Waals surface area (Å²) in [4.78, 5) is 4.14. The van der Waals surface area contributed by atoms with Crippen molar-refractivity contribution in [2.75, 3.05) is 13.2 Å². The minimum atomic E-state index is 0.670. The summed E-state index contributed by atoms with van der Waals surface area (Å²) < 4.78 is 5.29. The highest BCUT2D eigenvalue weighted by molar-refractivity contribution is 7.11. The van der Waals surface area contributed by atoms with E-state index >= 15 is 0 Å². The molecule has 0 spiro atoms. The minimum absolute atomic E-state index is 0.670. The lowest BCUT2D eigenvalue weighted by Gasteiger charge is -1.98. The van der Waals surface area contributed by atoms with Gasteiger partial charge >= 0.3 is 0 Å². The quantitative estimate of drug-likeness (QED) is 0.694. The van der Waals surface area contributed by atoms with Gasteiger partial charge < -0.3 is 10.5 Å². The molecule has 0 radical (unpaired) electrons. The van der Waals surface area contributed by atoms with E-state index in [-0.39, 0.29) is 0 Å². The predicted octanol–water partition coefficient (Wildman–Crippen LogP) is 1.18. The zero-order valence-electron chi connectivity index (χ0n) is 6.54. The molecule has 0 fully saturated rings. The lowest BCUT2D eigenvalue weighted by atomic mass is 10.5. The summed E-state index contributed by atoms with van der Waals surface area (Å²) in [5.41, 5.74) is 6.31. The molecule has 0 aromatic carbocycles. The van der Waals surface area contributed by atoms with Crippen LogP contribution in [0.15, 0.2) is 5.38 Å². The van der Waals surface area contributed by atoms with Crippen molar-refractivity contribution in [1.29, 1.82) is 0 Å². The first-order valence-electron chi connectivity index (χ1n) is 3.58. The number of hydrogen-bond donors (Lipinski definition) is 1. The zero-order chi connectivity index (χ0) is 8.10. The van der Waals surface area contributed by atoms with Gasteiger partial charge in [-0.05, 0) is 19.9 Å². The normalized spacial score (nSPS) is 10.0. The van der Waals surface area contributed by atoms with Crippen LogP contribution < -0.4 is 10.5 Å². The second kappa shape index (κ2) is 4.31.